The molecule has 0 radical (unpaired) electrons. The Balaban J connectivity index is 2.43. The second-order valence-electron chi connectivity index (χ2n) is 4.53. The van der Waals surface area contributed by atoms with Gasteiger partial charge < -0.3 is 15.5 Å². The summed E-state index contributed by atoms with van der Waals surface area (Å²) in [6, 6.07) is 3.31. The van der Waals surface area contributed by atoms with Crippen molar-refractivity contribution in [2.45, 2.75) is 25.8 Å². The molecule has 0 unspecified atom stereocenters. The molecule has 6 heteroatoms. The number of hydrogen-bond donors (Lipinski definition) is 3. The second-order valence-corrected chi connectivity index (χ2v) is 4.53. The fourth-order valence-corrected chi connectivity index (χ4v) is 1.69. The lowest BCUT2D eigenvalue weighted by molar-refractivity contribution is 0.203. The van der Waals surface area contributed by atoms with E-state index in [0.717, 1.165) is 17.2 Å². The third-order valence-corrected chi connectivity index (χ3v) is 2.76. The lowest BCUT2D eigenvalue weighted by atomic mass is 10.1. The number of fused-ring (bicyclic) bond motifs is 1. The molecule has 18 heavy (non-hydrogen) atoms. The Bertz CT molecular complexity index is 520. The standard InChI is InChI=1S/C12H18N4O2/c1-8(2)10-5-12(14-9(6-17)7-18)16-11(15-10)3-4-13-16/h3-5,8-9,14,17-18H,6-7H2,1-2H3. The van der Waals surface area contributed by atoms with Gasteiger partial charge in [-0.05, 0) is 5.92 Å². The fourth-order valence-electron chi connectivity index (χ4n) is 1.69. The Kier molecular flexibility index (Phi) is 3.78. The molecule has 0 atom stereocenters. The maximum atomic E-state index is 9.12. The predicted octanol–water partition coefficient (Wildman–Crippen LogP) is 0.618. The highest BCUT2D eigenvalue weighted by molar-refractivity contribution is 5.50. The zero-order chi connectivity index (χ0) is 13.1. The van der Waals surface area contributed by atoms with Gasteiger partial charge in [-0.2, -0.15) is 9.61 Å². The van der Waals surface area contributed by atoms with Crippen LogP contribution in [0.5, 0.6) is 0 Å². The average Bonchev–Trinajstić information content (AvgIpc) is 2.83. The van der Waals surface area contributed by atoms with Crippen LogP contribution < -0.4 is 5.32 Å². The van der Waals surface area contributed by atoms with Gasteiger partial charge in [0.15, 0.2) is 5.65 Å². The van der Waals surface area contributed by atoms with Crippen molar-refractivity contribution in [1.29, 1.82) is 0 Å². The molecule has 0 saturated carbocycles. The molecule has 3 N–H and O–H groups in total. The van der Waals surface area contributed by atoms with Gasteiger partial charge in [0.1, 0.15) is 5.82 Å². The molecule has 2 rings (SSSR count). The molecule has 0 aliphatic heterocycles. The molecule has 2 heterocycles. The summed E-state index contributed by atoms with van der Waals surface area (Å²) in [7, 11) is 0. The number of aliphatic hydroxyl groups is 2. The van der Waals surface area contributed by atoms with Crippen LogP contribution in [0.2, 0.25) is 0 Å². The van der Waals surface area contributed by atoms with Crippen molar-refractivity contribution >= 4 is 11.5 Å². The molecule has 0 saturated heterocycles. The van der Waals surface area contributed by atoms with E-state index in [1.54, 1.807) is 10.7 Å². The van der Waals surface area contributed by atoms with Crippen molar-refractivity contribution in [3.8, 4) is 0 Å². The van der Waals surface area contributed by atoms with E-state index in [1.165, 1.54) is 0 Å². The monoisotopic (exact) mass is 250 g/mol. The minimum absolute atomic E-state index is 0.140. The number of aliphatic hydroxyl groups excluding tert-OH is 2. The molecule has 0 aliphatic rings. The largest absolute Gasteiger partial charge is 0.394 e. The Hall–Kier alpha value is -1.66. The van der Waals surface area contributed by atoms with Crippen LogP contribution in [0, 0.1) is 0 Å². The molecule has 2 aromatic rings. The van der Waals surface area contributed by atoms with Gasteiger partial charge in [-0.25, -0.2) is 4.98 Å². The molecule has 0 fully saturated rings. The maximum absolute atomic E-state index is 9.12. The van der Waals surface area contributed by atoms with E-state index in [2.05, 4.69) is 29.2 Å². The summed E-state index contributed by atoms with van der Waals surface area (Å²) >= 11 is 0. The van der Waals surface area contributed by atoms with Gasteiger partial charge in [-0.1, -0.05) is 13.8 Å². The van der Waals surface area contributed by atoms with Crippen molar-refractivity contribution < 1.29 is 10.2 Å². The van der Waals surface area contributed by atoms with E-state index in [9.17, 15) is 0 Å². The first-order valence-corrected chi connectivity index (χ1v) is 5.98. The van der Waals surface area contributed by atoms with Gasteiger partial charge in [-0.15, -0.1) is 0 Å². The van der Waals surface area contributed by atoms with Gasteiger partial charge in [-0.3, -0.25) is 0 Å². The van der Waals surface area contributed by atoms with Gasteiger partial charge in [0.05, 0.1) is 25.5 Å². The van der Waals surface area contributed by atoms with Crippen molar-refractivity contribution in [2.24, 2.45) is 0 Å². The van der Waals surface area contributed by atoms with Crippen LogP contribution in [0.3, 0.4) is 0 Å². The average molecular weight is 250 g/mol. The van der Waals surface area contributed by atoms with E-state index >= 15 is 0 Å². The third-order valence-electron chi connectivity index (χ3n) is 2.76. The molecule has 2 aromatic heterocycles. The molecule has 0 bridgehead atoms. The van der Waals surface area contributed by atoms with Gasteiger partial charge in [0, 0.05) is 17.8 Å². The number of anilines is 1. The summed E-state index contributed by atoms with van der Waals surface area (Å²) in [5.41, 5.74) is 1.69. The Morgan fingerprint density at radius 3 is 2.67 bits per heavy atom. The molecule has 98 valence electrons. The number of hydrogen-bond acceptors (Lipinski definition) is 5. The topological polar surface area (TPSA) is 82.7 Å². The van der Waals surface area contributed by atoms with E-state index < -0.39 is 6.04 Å². The molecular weight excluding hydrogens is 232 g/mol. The Labute approximate surface area is 105 Å². The summed E-state index contributed by atoms with van der Waals surface area (Å²) < 4.78 is 1.66. The lowest BCUT2D eigenvalue weighted by Gasteiger charge is -2.17. The van der Waals surface area contributed by atoms with Crippen molar-refractivity contribution in [3.05, 3.63) is 24.0 Å². The molecule has 0 amide bonds. The highest BCUT2D eigenvalue weighted by atomic mass is 16.3. The normalized spacial score (nSPS) is 11.7. The van der Waals surface area contributed by atoms with Gasteiger partial charge in [0.2, 0.25) is 0 Å². The van der Waals surface area contributed by atoms with E-state index in [-0.39, 0.29) is 13.2 Å². The molecular formula is C12H18N4O2. The minimum Gasteiger partial charge on any atom is -0.394 e. The van der Waals surface area contributed by atoms with Crippen LogP contribution in [-0.2, 0) is 0 Å². The summed E-state index contributed by atoms with van der Waals surface area (Å²) in [4.78, 5) is 4.49. The van der Waals surface area contributed by atoms with Crippen LogP contribution in [0.1, 0.15) is 25.5 Å². The predicted molar refractivity (Wildman–Crippen MR) is 68.7 cm³/mol. The highest BCUT2D eigenvalue weighted by Crippen LogP contribution is 2.19. The summed E-state index contributed by atoms with van der Waals surface area (Å²) in [6.07, 6.45) is 1.67. The highest BCUT2D eigenvalue weighted by Gasteiger charge is 2.12. The van der Waals surface area contributed by atoms with Gasteiger partial charge in [0.25, 0.3) is 0 Å². The van der Waals surface area contributed by atoms with Crippen molar-refractivity contribution in [2.75, 3.05) is 18.5 Å². The summed E-state index contributed by atoms with van der Waals surface area (Å²) in [5, 5.41) is 25.5. The first-order chi connectivity index (χ1) is 8.65. The van der Waals surface area contributed by atoms with Crippen LogP contribution >= 0.6 is 0 Å². The number of aromatic nitrogens is 3. The smallest absolute Gasteiger partial charge is 0.157 e. The second kappa shape index (κ2) is 5.32. The van der Waals surface area contributed by atoms with E-state index in [4.69, 9.17) is 10.2 Å². The minimum atomic E-state index is -0.403. The Morgan fingerprint density at radius 2 is 2.06 bits per heavy atom. The summed E-state index contributed by atoms with van der Waals surface area (Å²) in [6.45, 7) is 3.85. The molecule has 0 aliphatic carbocycles. The van der Waals surface area contributed by atoms with Crippen molar-refractivity contribution in [3.63, 3.8) is 0 Å². The quantitative estimate of drug-likeness (QED) is 0.724. The first-order valence-electron chi connectivity index (χ1n) is 5.98. The maximum Gasteiger partial charge on any atom is 0.157 e. The molecule has 0 spiro atoms. The first kappa shape index (κ1) is 12.8. The number of rotatable bonds is 5. The number of nitrogens with zero attached hydrogens (tertiary/aromatic N) is 3. The third kappa shape index (κ3) is 2.44. The molecule has 6 nitrogen and oxygen atoms in total. The Morgan fingerprint density at radius 1 is 1.33 bits per heavy atom. The zero-order valence-corrected chi connectivity index (χ0v) is 10.5. The zero-order valence-electron chi connectivity index (χ0n) is 10.5. The van der Waals surface area contributed by atoms with Gasteiger partial charge >= 0.3 is 0 Å². The van der Waals surface area contributed by atoms with Crippen LogP contribution in [0.4, 0.5) is 5.82 Å². The van der Waals surface area contributed by atoms with Crippen molar-refractivity contribution in [1.82, 2.24) is 14.6 Å². The van der Waals surface area contributed by atoms with Crippen LogP contribution in [0.25, 0.3) is 5.65 Å². The number of nitrogens with one attached hydrogen (secondary N) is 1. The van der Waals surface area contributed by atoms with Crippen LogP contribution in [0.15, 0.2) is 18.3 Å². The van der Waals surface area contributed by atoms with E-state index in [1.807, 2.05) is 12.1 Å². The molecule has 0 aromatic carbocycles. The lowest BCUT2D eigenvalue weighted by Crippen LogP contribution is -2.29. The summed E-state index contributed by atoms with van der Waals surface area (Å²) in [5.74, 6) is 1.02. The van der Waals surface area contributed by atoms with Crippen LogP contribution in [-0.4, -0.2) is 44.1 Å². The SMILES string of the molecule is CC(C)c1cc(NC(CO)CO)n2nccc2n1. The fraction of sp³-hybridized carbons (Fsp3) is 0.500. The van der Waals surface area contributed by atoms with E-state index in [0.29, 0.717) is 5.92 Å².